The summed E-state index contributed by atoms with van der Waals surface area (Å²) >= 11 is -1.72. The molecule has 0 spiro atoms. The fraction of sp³-hybridized carbons (Fsp3) is 0.667. The SMILES string of the molecule is C=CCCCCCCC(=O)O.C=CCCCCCCC(=O)O.[Cl][Al]([Cl])[Cl]. The molecule has 0 fully saturated rings. The summed E-state index contributed by atoms with van der Waals surface area (Å²) in [6.45, 7) is 7.23. The number of hydrogen-bond acceptors (Lipinski definition) is 2. The summed E-state index contributed by atoms with van der Waals surface area (Å²) in [5.74, 6) is -1.37. The highest BCUT2D eigenvalue weighted by atomic mass is 35.8. The van der Waals surface area contributed by atoms with Gasteiger partial charge in [-0.25, -0.2) is 30.1 Å². The zero-order valence-electron chi connectivity index (χ0n) is 15.5. The maximum absolute atomic E-state index is 10.1. The summed E-state index contributed by atoms with van der Waals surface area (Å²) in [4.78, 5) is 20.1. The lowest BCUT2D eigenvalue weighted by molar-refractivity contribution is -0.138. The highest BCUT2D eigenvalue weighted by Crippen LogP contribution is 2.05. The first-order valence-electron chi connectivity index (χ1n) is 8.85. The number of carboxylic acids is 2. The smallest absolute Gasteiger partial charge is 0.481 e. The maximum atomic E-state index is 10.1. The minimum absolute atomic E-state index is 0.314. The van der Waals surface area contributed by atoms with E-state index in [0.717, 1.165) is 64.2 Å². The lowest BCUT2D eigenvalue weighted by atomic mass is 10.1. The van der Waals surface area contributed by atoms with Gasteiger partial charge in [-0.05, 0) is 38.5 Å². The number of rotatable bonds is 14. The minimum Gasteiger partial charge on any atom is -0.481 e. The molecule has 0 aliphatic rings. The van der Waals surface area contributed by atoms with Gasteiger partial charge in [-0.2, -0.15) is 0 Å². The number of carbonyl (C=O) groups is 2. The molecule has 0 bridgehead atoms. The molecule has 0 saturated carbocycles. The second-order valence-electron chi connectivity index (χ2n) is 5.52. The predicted octanol–water partition coefficient (Wildman–Crippen LogP) is 6.88. The van der Waals surface area contributed by atoms with Gasteiger partial charge in [0.2, 0.25) is 0 Å². The molecule has 0 heterocycles. The van der Waals surface area contributed by atoms with Gasteiger partial charge in [0.1, 0.15) is 0 Å². The van der Waals surface area contributed by atoms with Crippen LogP contribution in [0.2, 0.25) is 0 Å². The number of unbranched alkanes of at least 4 members (excludes halogenated alkanes) is 8. The molecule has 2 N–H and O–H groups in total. The van der Waals surface area contributed by atoms with Gasteiger partial charge >= 0.3 is 23.3 Å². The standard InChI is InChI=1S/2C9H16O2.Al.3ClH/c2*1-2-3-4-5-6-7-8-9(10)11;;;;/h2*2H,1,3-8H2,(H,10,11);;3*1H/q;;+3;;;/p-3. The summed E-state index contributed by atoms with van der Waals surface area (Å²) in [7, 11) is 14.8. The van der Waals surface area contributed by atoms with Crippen molar-refractivity contribution in [1.82, 2.24) is 0 Å². The van der Waals surface area contributed by atoms with Crippen molar-refractivity contribution in [2.75, 3.05) is 0 Å². The van der Waals surface area contributed by atoms with Gasteiger partial charge in [0, 0.05) is 12.8 Å². The molecule has 0 unspecified atom stereocenters. The largest absolute Gasteiger partial charge is 0.643 e. The van der Waals surface area contributed by atoms with Crippen LogP contribution in [0.5, 0.6) is 0 Å². The lowest BCUT2D eigenvalue weighted by Gasteiger charge is -1.95. The van der Waals surface area contributed by atoms with Crippen molar-refractivity contribution >= 4 is 53.5 Å². The zero-order valence-corrected chi connectivity index (χ0v) is 18.9. The van der Waals surface area contributed by atoms with Gasteiger partial charge in [0.05, 0.1) is 0 Å². The number of halogens is 3. The maximum Gasteiger partial charge on any atom is 0.643 e. The van der Waals surface area contributed by atoms with E-state index in [1.165, 1.54) is 0 Å². The summed E-state index contributed by atoms with van der Waals surface area (Å²) in [5, 5.41) is 16.6. The molecule has 0 rings (SSSR count). The second kappa shape index (κ2) is 27.0. The van der Waals surface area contributed by atoms with Crippen molar-refractivity contribution in [3.63, 3.8) is 0 Å². The Morgan fingerprint density at radius 1 is 0.692 bits per heavy atom. The molecule has 0 aliphatic carbocycles. The monoisotopic (exact) mass is 444 g/mol. The molecule has 0 aliphatic heterocycles. The van der Waals surface area contributed by atoms with E-state index in [9.17, 15) is 9.59 Å². The van der Waals surface area contributed by atoms with Crippen LogP contribution in [0.25, 0.3) is 0 Å². The normalized spacial score (nSPS) is 9.04. The molecule has 8 heteroatoms. The van der Waals surface area contributed by atoms with E-state index >= 15 is 0 Å². The Bertz CT molecular complexity index is 321. The van der Waals surface area contributed by atoms with Crippen molar-refractivity contribution in [3.05, 3.63) is 25.3 Å². The van der Waals surface area contributed by atoms with E-state index in [1.807, 2.05) is 12.2 Å². The van der Waals surface area contributed by atoms with Crippen LogP contribution < -0.4 is 0 Å². The summed E-state index contributed by atoms with van der Waals surface area (Å²) in [6, 6.07) is 0. The van der Waals surface area contributed by atoms with Gasteiger partial charge < -0.3 is 10.2 Å². The fourth-order valence-electron chi connectivity index (χ4n) is 1.84. The predicted molar refractivity (Wildman–Crippen MR) is 114 cm³/mol. The molecule has 0 aromatic rings. The molecule has 26 heavy (non-hydrogen) atoms. The van der Waals surface area contributed by atoms with Crippen LogP contribution in [-0.2, 0) is 9.59 Å². The number of hydrogen-bond donors (Lipinski definition) is 2. The molecule has 0 atom stereocenters. The molecule has 4 nitrogen and oxygen atoms in total. The van der Waals surface area contributed by atoms with E-state index in [4.69, 9.17) is 40.4 Å². The van der Waals surface area contributed by atoms with Gasteiger partial charge in [-0.1, -0.05) is 37.8 Å². The Kier molecular flexibility index (Phi) is 31.8. The van der Waals surface area contributed by atoms with E-state index < -0.39 is 23.3 Å². The molecule has 0 aromatic heterocycles. The van der Waals surface area contributed by atoms with Crippen LogP contribution in [0.4, 0.5) is 0 Å². The summed E-state index contributed by atoms with van der Waals surface area (Å²) in [5.41, 5.74) is 0. The first-order chi connectivity index (χ1) is 12.3. The Morgan fingerprint density at radius 3 is 1.19 bits per heavy atom. The summed E-state index contributed by atoms with van der Waals surface area (Å²) < 4.78 is 0. The number of carboxylic acid groups (broad SMARTS) is 2. The van der Waals surface area contributed by atoms with Gasteiger partial charge in [-0.3, -0.25) is 9.59 Å². The van der Waals surface area contributed by atoms with Crippen LogP contribution in [0, 0.1) is 0 Å². The lowest BCUT2D eigenvalue weighted by Crippen LogP contribution is -1.93. The Balaban J connectivity index is -0.000000338. The van der Waals surface area contributed by atoms with Gasteiger partial charge in [0.15, 0.2) is 0 Å². The average molecular weight is 446 g/mol. The van der Waals surface area contributed by atoms with E-state index in [2.05, 4.69) is 13.2 Å². The van der Waals surface area contributed by atoms with Crippen molar-refractivity contribution < 1.29 is 19.8 Å². The molecular weight excluding hydrogens is 414 g/mol. The number of allylic oxidation sites excluding steroid dienone is 2. The van der Waals surface area contributed by atoms with Crippen LogP contribution in [-0.4, -0.2) is 33.5 Å². The molecule has 0 saturated heterocycles. The van der Waals surface area contributed by atoms with E-state index in [0.29, 0.717) is 12.8 Å². The Morgan fingerprint density at radius 2 is 0.962 bits per heavy atom. The van der Waals surface area contributed by atoms with Gasteiger partial charge in [0.25, 0.3) is 0 Å². The third kappa shape index (κ3) is 49.6. The van der Waals surface area contributed by atoms with Crippen LogP contribution >= 0.6 is 30.1 Å². The van der Waals surface area contributed by atoms with E-state index in [1.54, 1.807) is 0 Å². The van der Waals surface area contributed by atoms with Crippen LogP contribution in [0.15, 0.2) is 25.3 Å². The quantitative estimate of drug-likeness (QED) is 0.173. The fourth-order valence-corrected chi connectivity index (χ4v) is 1.84. The Hall–Kier alpha value is -0.178. The van der Waals surface area contributed by atoms with Crippen LogP contribution in [0.1, 0.15) is 77.0 Å². The Labute approximate surface area is 175 Å². The molecular formula is C18H32AlCl3O4. The van der Waals surface area contributed by atoms with Crippen molar-refractivity contribution in [2.24, 2.45) is 0 Å². The molecule has 0 amide bonds. The topological polar surface area (TPSA) is 74.6 Å². The molecule has 152 valence electrons. The first-order valence-corrected chi connectivity index (χ1v) is 14.1. The third-order valence-electron chi connectivity index (χ3n) is 3.10. The average Bonchev–Trinajstić information content (AvgIpc) is 2.54. The van der Waals surface area contributed by atoms with Crippen molar-refractivity contribution in [3.8, 4) is 0 Å². The highest BCUT2D eigenvalue weighted by molar-refractivity contribution is 7.54. The second-order valence-corrected chi connectivity index (χ2v) is 12.0. The van der Waals surface area contributed by atoms with Gasteiger partial charge in [-0.15, -0.1) is 13.2 Å². The van der Waals surface area contributed by atoms with Crippen molar-refractivity contribution in [2.45, 2.75) is 77.0 Å². The third-order valence-corrected chi connectivity index (χ3v) is 3.10. The molecule has 0 radical (unpaired) electrons. The first kappa shape index (κ1) is 30.5. The molecule has 0 aromatic carbocycles. The highest BCUT2D eigenvalue weighted by Gasteiger charge is 2.00. The van der Waals surface area contributed by atoms with E-state index in [-0.39, 0.29) is 0 Å². The summed E-state index contributed by atoms with van der Waals surface area (Å²) in [6.07, 6.45) is 14.7. The van der Waals surface area contributed by atoms with Crippen LogP contribution in [0.3, 0.4) is 0 Å². The number of aliphatic carboxylic acids is 2. The minimum atomic E-state index is -1.72. The van der Waals surface area contributed by atoms with Crippen molar-refractivity contribution in [1.29, 1.82) is 0 Å². The zero-order chi connectivity index (χ0) is 20.6.